The minimum absolute atomic E-state index is 0.0967. The van der Waals surface area contributed by atoms with Crippen LogP contribution < -0.4 is 5.32 Å². The van der Waals surface area contributed by atoms with Crippen molar-refractivity contribution in [1.82, 2.24) is 20.0 Å². The number of nitrogens with one attached hydrogen (secondary N) is 1. The number of rotatable bonds is 6. The van der Waals surface area contributed by atoms with Gasteiger partial charge in [0, 0.05) is 51.9 Å². The summed E-state index contributed by atoms with van der Waals surface area (Å²) in [5.41, 5.74) is -1.97. The summed E-state index contributed by atoms with van der Waals surface area (Å²) in [6, 6.07) is 9.91. The molecule has 0 spiro atoms. The predicted octanol–water partition coefficient (Wildman–Crippen LogP) is 4.28. The molecule has 212 valence electrons. The number of carboxylic acid groups (broad SMARTS) is 1. The van der Waals surface area contributed by atoms with E-state index >= 15 is 0 Å². The van der Waals surface area contributed by atoms with Crippen molar-refractivity contribution in [3.63, 3.8) is 0 Å². The van der Waals surface area contributed by atoms with Crippen LogP contribution in [0, 0.1) is 0 Å². The molecule has 0 aliphatic carbocycles. The van der Waals surface area contributed by atoms with Crippen LogP contribution in [-0.4, -0.2) is 76.6 Å². The van der Waals surface area contributed by atoms with E-state index in [0.29, 0.717) is 31.6 Å². The Balaban J connectivity index is 1.48. The molecule has 2 heterocycles. The minimum atomic E-state index is -4.93. The number of likely N-dealkylation sites (tertiary alicyclic amines) is 1. The van der Waals surface area contributed by atoms with Gasteiger partial charge in [-0.2, -0.15) is 26.3 Å². The van der Waals surface area contributed by atoms with Gasteiger partial charge in [0.1, 0.15) is 0 Å². The lowest BCUT2D eigenvalue weighted by Gasteiger charge is -2.36. The van der Waals surface area contributed by atoms with Crippen LogP contribution in [0.3, 0.4) is 0 Å². The van der Waals surface area contributed by atoms with Gasteiger partial charge < -0.3 is 20.2 Å². The molecule has 0 radical (unpaired) electrons. The van der Waals surface area contributed by atoms with E-state index in [9.17, 15) is 41.0 Å². The average molecular weight is 559 g/mol. The van der Waals surface area contributed by atoms with Crippen molar-refractivity contribution in [2.75, 3.05) is 32.7 Å². The molecule has 39 heavy (non-hydrogen) atoms. The van der Waals surface area contributed by atoms with Crippen molar-refractivity contribution < 1.29 is 41.0 Å². The van der Waals surface area contributed by atoms with Crippen molar-refractivity contribution >= 4 is 12.0 Å². The van der Waals surface area contributed by atoms with E-state index in [0.717, 1.165) is 5.56 Å². The van der Waals surface area contributed by atoms with E-state index < -0.39 is 35.6 Å². The fourth-order valence-electron chi connectivity index (χ4n) is 5.01. The Labute approximate surface area is 221 Å². The van der Waals surface area contributed by atoms with Gasteiger partial charge in [-0.3, -0.25) is 9.69 Å². The zero-order valence-corrected chi connectivity index (χ0v) is 20.8. The second-order valence-corrected chi connectivity index (χ2v) is 9.75. The molecule has 13 heteroatoms. The summed E-state index contributed by atoms with van der Waals surface area (Å²) in [6.45, 7) is 1.38. The summed E-state index contributed by atoms with van der Waals surface area (Å²) < 4.78 is 79.5. The van der Waals surface area contributed by atoms with Gasteiger partial charge in [-0.25, -0.2) is 4.79 Å². The van der Waals surface area contributed by atoms with E-state index in [1.165, 1.54) is 4.90 Å². The summed E-state index contributed by atoms with van der Waals surface area (Å²) in [6.07, 6.45) is -10.6. The van der Waals surface area contributed by atoms with Crippen molar-refractivity contribution in [2.24, 2.45) is 0 Å². The second-order valence-electron chi connectivity index (χ2n) is 9.75. The molecule has 4 rings (SSSR count). The fourth-order valence-corrected chi connectivity index (χ4v) is 5.01. The zero-order valence-electron chi connectivity index (χ0n) is 20.8. The van der Waals surface area contributed by atoms with Crippen LogP contribution in [0.4, 0.5) is 31.1 Å². The summed E-state index contributed by atoms with van der Waals surface area (Å²) in [4.78, 5) is 29.4. The molecule has 0 bridgehead atoms. The van der Waals surface area contributed by atoms with Gasteiger partial charge in [-0.1, -0.05) is 30.3 Å². The monoisotopic (exact) mass is 558 g/mol. The molecule has 2 aliphatic heterocycles. The Kier molecular flexibility index (Phi) is 8.40. The first-order chi connectivity index (χ1) is 18.3. The number of alkyl halides is 6. The molecule has 2 aromatic rings. The van der Waals surface area contributed by atoms with Gasteiger partial charge in [-0.15, -0.1) is 0 Å². The van der Waals surface area contributed by atoms with E-state index in [1.54, 1.807) is 4.90 Å². The second kappa shape index (κ2) is 11.4. The molecule has 2 aliphatic rings. The Bertz CT molecular complexity index is 1130. The van der Waals surface area contributed by atoms with E-state index in [-0.39, 0.29) is 56.3 Å². The molecular weight excluding hydrogens is 530 g/mol. The molecule has 2 fully saturated rings. The van der Waals surface area contributed by atoms with Gasteiger partial charge in [0.15, 0.2) is 0 Å². The van der Waals surface area contributed by atoms with Crippen LogP contribution in [0.1, 0.15) is 28.7 Å². The SMILES string of the molecule is O=C(O)N1CCN(C(=O)[C@@H]2C[C@H](NCc3cc(C(F)(F)F)cc(C(F)(F)F)c3)CN2Cc2ccccc2)CC1. The van der Waals surface area contributed by atoms with Crippen LogP contribution in [0.2, 0.25) is 0 Å². The molecular formula is C26H28F6N4O3. The third kappa shape index (κ3) is 7.21. The lowest BCUT2D eigenvalue weighted by Crippen LogP contribution is -2.54. The summed E-state index contributed by atoms with van der Waals surface area (Å²) in [5.74, 6) is -0.182. The zero-order chi connectivity index (χ0) is 28.4. The predicted molar refractivity (Wildman–Crippen MR) is 129 cm³/mol. The van der Waals surface area contributed by atoms with Crippen molar-refractivity contribution in [2.45, 2.75) is 43.9 Å². The highest BCUT2D eigenvalue weighted by Crippen LogP contribution is 2.36. The van der Waals surface area contributed by atoms with Crippen LogP contribution in [-0.2, 0) is 30.2 Å². The maximum Gasteiger partial charge on any atom is 0.416 e. The van der Waals surface area contributed by atoms with Crippen molar-refractivity contribution in [3.8, 4) is 0 Å². The van der Waals surface area contributed by atoms with Crippen LogP contribution >= 0.6 is 0 Å². The van der Waals surface area contributed by atoms with E-state index in [1.807, 2.05) is 35.2 Å². The highest BCUT2D eigenvalue weighted by atomic mass is 19.4. The Morgan fingerprint density at radius 2 is 1.41 bits per heavy atom. The number of hydrogen-bond donors (Lipinski definition) is 2. The Morgan fingerprint density at radius 3 is 1.95 bits per heavy atom. The van der Waals surface area contributed by atoms with Gasteiger partial charge in [0.2, 0.25) is 5.91 Å². The van der Waals surface area contributed by atoms with Gasteiger partial charge in [0.25, 0.3) is 0 Å². The standard InChI is InChI=1S/C26H28F6N4O3/c27-25(28,29)19-10-18(11-20(12-19)26(30,31)32)14-33-21-13-22(36(16-21)15-17-4-2-1-3-5-17)23(37)34-6-8-35(9-7-34)24(38)39/h1-5,10-12,21-22,33H,6-9,13-16H2,(H,38,39)/t21-,22-/m0/s1. The molecule has 0 aromatic heterocycles. The molecule has 7 nitrogen and oxygen atoms in total. The van der Waals surface area contributed by atoms with Gasteiger partial charge in [0.05, 0.1) is 17.2 Å². The minimum Gasteiger partial charge on any atom is -0.465 e. The number of carbonyl (C=O) groups excluding carboxylic acids is 1. The third-order valence-corrected chi connectivity index (χ3v) is 7.02. The summed E-state index contributed by atoms with van der Waals surface area (Å²) in [7, 11) is 0. The third-order valence-electron chi connectivity index (χ3n) is 7.02. The lowest BCUT2D eigenvalue weighted by atomic mass is 10.0. The highest BCUT2D eigenvalue weighted by Gasteiger charge is 2.40. The lowest BCUT2D eigenvalue weighted by molar-refractivity contribution is -0.143. The molecule has 2 aromatic carbocycles. The maximum atomic E-state index is 13.4. The topological polar surface area (TPSA) is 76.1 Å². The molecule has 0 unspecified atom stereocenters. The first-order valence-corrected chi connectivity index (χ1v) is 12.4. The largest absolute Gasteiger partial charge is 0.465 e. The van der Waals surface area contributed by atoms with Gasteiger partial charge in [-0.05, 0) is 35.7 Å². The number of hydrogen-bond acceptors (Lipinski definition) is 4. The number of halogens is 6. The highest BCUT2D eigenvalue weighted by molar-refractivity contribution is 5.82. The molecule has 0 saturated carbocycles. The van der Waals surface area contributed by atoms with E-state index in [2.05, 4.69) is 5.32 Å². The molecule has 2 saturated heterocycles. The van der Waals surface area contributed by atoms with Crippen molar-refractivity contribution in [1.29, 1.82) is 0 Å². The molecule has 2 atom stereocenters. The van der Waals surface area contributed by atoms with Crippen LogP contribution in [0.15, 0.2) is 48.5 Å². The molecule has 2 N–H and O–H groups in total. The van der Waals surface area contributed by atoms with Crippen LogP contribution in [0.25, 0.3) is 0 Å². The maximum absolute atomic E-state index is 13.4. The first-order valence-electron chi connectivity index (χ1n) is 12.4. The number of piperazine rings is 1. The fraction of sp³-hybridized carbons (Fsp3) is 0.462. The first kappa shape index (κ1) is 28.7. The summed E-state index contributed by atoms with van der Waals surface area (Å²) >= 11 is 0. The number of amides is 2. The average Bonchev–Trinajstić information content (AvgIpc) is 3.29. The number of benzene rings is 2. The van der Waals surface area contributed by atoms with E-state index in [4.69, 9.17) is 0 Å². The number of nitrogens with zero attached hydrogens (tertiary/aromatic N) is 3. The van der Waals surface area contributed by atoms with Gasteiger partial charge >= 0.3 is 18.4 Å². The summed E-state index contributed by atoms with van der Waals surface area (Å²) in [5, 5.41) is 12.2. The molecule has 2 amide bonds. The van der Waals surface area contributed by atoms with Crippen molar-refractivity contribution in [3.05, 3.63) is 70.8 Å². The Hall–Kier alpha value is -3.32. The normalized spacial score (nSPS) is 20.9. The quantitative estimate of drug-likeness (QED) is 0.518. The van der Waals surface area contributed by atoms with Crippen LogP contribution in [0.5, 0.6) is 0 Å². The number of carbonyl (C=O) groups is 2. The smallest absolute Gasteiger partial charge is 0.416 e. The Morgan fingerprint density at radius 1 is 0.846 bits per heavy atom.